The van der Waals surface area contributed by atoms with Gasteiger partial charge in [-0.15, -0.1) is 0 Å². The Kier molecular flexibility index (Phi) is 5.77. The van der Waals surface area contributed by atoms with E-state index in [0.717, 1.165) is 0 Å². The lowest BCUT2D eigenvalue weighted by atomic mass is 10.2. The summed E-state index contributed by atoms with van der Waals surface area (Å²) in [5.74, 6) is 0.506. The molecule has 0 fully saturated rings. The topological polar surface area (TPSA) is 172 Å². The highest BCUT2D eigenvalue weighted by Gasteiger charge is 2.16. The second-order valence-electron chi connectivity index (χ2n) is 6.94. The van der Waals surface area contributed by atoms with Gasteiger partial charge in [0.1, 0.15) is 23.3 Å². The number of nitrogens with one attached hydrogen (secondary N) is 1. The zero-order valence-corrected chi connectivity index (χ0v) is 17.8. The summed E-state index contributed by atoms with van der Waals surface area (Å²) < 4.78 is 1.42. The molecule has 0 unspecified atom stereocenters. The molecular weight excluding hydrogens is 442 g/mol. The number of aromatic nitrogens is 4. The van der Waals surface area contributed by atoms with E-state index in [-0.39, 0.29) is 52.1 Å². The fourth-order valence-corrected chi connectivity index (χ4v) is 3.66. The fourth-order valence-electron chi connectivity index (χ4n) is 3.41. The van der Waals surface area contributed by atoms with Crippen LogP contribution in [0.15, 0.2) is 47.3 Å². The molecule has 0 aliphatic carbocycles. The van der Waals surface area contributed by atoms with Gasteiger partial charge in [-0.1, -0.05) is 23.7 Å². The van der Waals surface area contributed by atoms with Crippen LogP contribution in [0.25, 0.3) is 16.6 Å². The molecule has 0 saturated heterocycles. The Morgan fingerprint density at radius 1 is 1.06 bits per heavy atom. The third-order valence-electron chi connectivity index (χ3n) is 4.86. The lowest BCUT2D eigenvalue weighted by molar-refractivity contribution is 0.809. The summed E-state index contributed by atoms with van der Waals surface area (Å²) in [5.41, 5.74) is 12.4. The molecule has 0 spiro atoms. The van der Waals surface area contributed by atoms with E-state index in [4.69, 9.17) is 23.1 Å². The van der Waals surface area contributed by atoms with Gasteiger partial charge in [-0.25, -0.2) is 4.98 Å². The Bertz CT molecular complexity index is 1530. The van der Waals surface area contributed by atoms with E-state index >= 15 is 0 Å². The highest BCUT2D eigenvalue weighted by Crippen LogP contribution is 2.22. The molecule has 0 bridgehead atoms. The third-order valence-corrected chi connectivity index (χ3v) is 5.17. The van der Waals surface area contributed by atoms with Crippen molar-refractivity contribution in [2.75, 3.05) is 23.3 Å². The minimum Gasteiger partial charge on any atom is -0.382 e. The van der Waals surface area contributed by atoms with Crippen LogP contribution in [0.3, 0.4) is 0 Å². The number of nitrogens with zero attached hydrogens (tertiary/aromatic N) is 6. The Labute approximate surface area is 192 Å². The van der Waals surface area contributed by atoms with Gasteiger partial charge in [0, 0.05) is 13.0 Å². The predicted octanol–water partition coefficient (Wildman–Crippen LogP) is 2.39. The number of fused-ring (bicyclic) bond motifs is 1. The Hall–Kier alpha value is -4.67. The molecule has 11 heteroatoms. The molecule has 0 atom stereocenters. The number of halogens is 1. The summed E-state index contributed by atoms with van der Waals surface area (Å²) in [6.45, 7) is 0.251. The molecule has 0 amide bonds. The molecule has 2 aromatic heterocycles. The second-order valence-corrected chi connectivity index (χ2v) is 7.35. The Morgan fingerprint density at radius 2 is 1.85 bits per heavy atom. The van der Waals surface area contributed by atoms with E-state index in [9.17, 15) is 15.3 Å². The van der Waals surface area contributed by atoms with Crippen molar-refractivity contribution in [3.05, 3.63) is 74.8 Å². The van der Waals surface area contributed by atoms with E-state index < -0.39 is 0 Å². The van der Waals surface area contributed by atoms with E-state index in [0.29, 0.717) is 22.6 Å². The first-order valence-corrected chi connectivity index (χ1v) is 10.1. The van der Waals surface area contributed by atoms with Gasteiger partial charge in [-0.3, -0.25) is 9.36 Å². The summed E-state index contributed by atoms with van der Waals surface area (Å²) >= 11 is 6.29. The van der Waals surface area contributed by atoms with Gasteiger partial charge >= 0.3 is 0 Å². The number of hydrogen-bond acceptors (Lipinski definition) is 9. The van der Waals surface area contributed by atoms with Crippen LogP contribution in [-0.2, 0) is 6.42 Å². The molecule has 5 N–H and O–H groups in total. The number of nitrogens with two attached hydrogens (primary N) is 2. The summed E-state index contributed by atoms with van der Waals surface area (Å²) in [5, 5.41) is 22.2. The highest BCUT2D eigenvalue weighted by atomic mass is 35.5. The Balaban J connectivity index is 1.78. The van der Waals surface area contributed by atoms with E-state index in [1.165, 1.54) is 4.57 Å². The van der Waals surface area contributed by atoms with Crippen LogP contribution in [0.4, 0.5) is 17.6 Å². The number of nitriles is 2. The van der Waals surface area contributed by atoms with Crippen molar-refractivity contribution in [3.8, 4) is 17.8 Å². The number of anilines is 3. The van der Waals surface area contributed by atoms with Crippen LogP contribution >= 0.6 is 11.6 Å². The lowest BCUT2D eigenvalue weighted by Gasteiger charge is -2.15. The van der Waals surface area contributed by atoms with Gasteiger partial charge in [-0.2, -0.15) is 20.5 Å². The number of hydrogen-bond donors (Lipinski definition) is 3. The van der Waals surface area contributed by atoms with Gasteiger partial charge in [0.15, 0.2) is 5.82 Å². The maximum absolute atomic E-state index is 13.4. The molecule has 0 aliphatic heterocycles. The smallest absolute Gasteiger partial charge is 0.267 e. The molecule has 4 rings (SSSR count). The maximum atomic E-state index is 13.4. The minimum absolute atomic E-state index is 0.0313. The average Bonchev–Trinajstić information content (AvgIpc) is 2.79. The van der Waals surface area contributed by atoms with Crippen LogP contribution in [0, 0.1) is 22.7 Å². The van der Waals surface area contributed by atoms with E-state index in [1.54, 1.807) is 42.5 Å². The van der Waals surface area contributed by atoms with Crippen LogP contribution in [0.5, 0.6) is 0 Å². The quantitative estimate of drug-likeness (QED) is 0.406. The highest BCUT2D eigenvalue weighted by molar-refractivity contribution is 6.35. The normalized spacial score (nSPS) is 10.5. The van der Waals surface area contributed by atoms with Gasteiger partial charge in [0.2, 0.25) is 5.95 Å². The zero-order chi connectivity index (χ0) is 23.5. The van der Waals surface area contributed by atoms with E-state index in [2.05, 4.69) is 26.3 Å². The van der Waals surface area contributed by atoms with Crippen molar-refractivity contribution in [2.45, 2.75) is 6.42 Å². The van der Waals surface area contributed by atoms with Gasteiger partial charge < -0.3 is 16.8 Å². The first-order valence-electron chi connectivity index (χ1n) is 9.70. The summed E-state index contributed by atoms with van der Waals surface area (Å²) in [7, 11) is 0. The third kappa shape index (κ3) is 4.11. The van der Waals surface area contributed by atoms with Crippen LogP contribution in [0.1, 0.15) is 17.0 Å². The second kappa shape index (κ2) is 8.83. The molecule has 2 aromatic carbocycles. The standard InChI is InChI=1S/C22H16ClN9O/c23-15-5-2-6-16-18(15)21(33)32(13-4-1-3-12(9-13)10-24)17(29-16)7-8-28-20-14(11-25)19(26)30-22(27)31-20/h1-6,9H,7-8H2,(H5,26,27,28,30,31). The van der Waals surface area contributed by atoms with Crippen molar-refractivity contribution in [3.63, 3.8) is 0 Å². The average molecular weight is 458 g/mol. The monoisotopic (exact) mass is 457 g/mol. The number of rotatable bonds is 5. The van der Waals surface area contributed by atoms with Crippen molar-refractivity contribution < 1.29 is 0 Å². The molecule has 10 nitrogen and oxygen atoms in total. The molecule has 2 heterocycles. The maximum Gasteiger partial charge on any atom is 0.267 e. The van der Waals surface area contributed by atoms with Crippen molar-refractivity contribution in [2.24, 2.45) is 0 Å². The number of nitrogen functional groups attached to an aromatic ring is 2. The minimum atomic E-state index is -0.357. The van der Waals surface area contributed by atoms with Crippen LogP contribution < -0.4 is 22.3 Å². The van der Waals surface area contributed by atoms with Crippen molar-refractivity contribution in [1.29, 1.82) is 10.5 Å². The zero-order valence-electron chi connectivity index (χ0n) is 17.1. The molecule has 0 saturated carbocycles. The molecular formula is C22H16ClN9O. The molecule has 4 aromatic rings. The molecule has 0 radical (unpaired) electrons. The van der Waals surface area contributed by atoms with Gasteiger partial charge in [0.05, 0.1) is 33.2 Å². The van der Waals surface area contributed by atoms with Crippen molar-refractivity contribution in [1.82, 2.24) is 19.5 Å². The molecule has 0 aliphatic rings. The largest absolute Gasteiger partial charge is 0.382 e. The summed E-state index contributed by atoms with van der Waals surface area (Å²) in [6, 6.07) is 15.7. The fraction of sp³-hybridized carbons (Fsp3) is 0.0909. The lowest BCUT2D eigenvalue weighted by Crippen LogP contribution is -2.26. The summed E-state index contributed by atoms with van der Waals surface area (Å²) in [6.07, 6.45) is 0.267. The van der Waals surface area contributed by atoms with Crippen molar-refractivity contribution >= 4 is 40.1 Å². The number of benzene rings is 2. The van der Waals surface area contributed by atoms with Gasteiger partial charge in [0.25, 0.3) is 5.56 Å². The Morgan fingerprint density at radius 3 is 2.61 bits per heavy atom. The SMILES string of the molecule is N#Cc1cccc(-n2c(CCNc3nc(N)nc(N)c3C#N)nc3cccc(Cl)c3c2=O)c1. The van der Waals surface area contributed by atoms with E-state index in [1.807, 2.05) is 6.07 Å². The van der Waals surface area contributed by atoms with Gasteiger partial charge in [-0.05, 0) is 30.3 Å². The van der Waals surface area contributed by atoms with Crippen LogP contribution in [-0.4, -0.2) is 26.1 Å². The molecule has 162 valence electrons. The predicted molar refractivity (Wildman–Crippen MR) is 125 cm³/mol. The summed E-state index contributed by atoms with van der Waals surface area (Å²) in [4.78, 5) is 25.9. The van der Waals surface area contributed by atoms with Crippen LogP contribution in [0.2, 0.25) is 5.02 Å². The first-order chi connectivity index (χ1) is 15.9. The molecule has 33 heavy (non-hydrogen) atoms. The first kappa shape index (κ1) is 21.6.